The number of aliphatic hydroxyl groups is 1. The van der Waals surface area contributed by atoms with Crippen molar-refractivity contribution in [2.45, 2.75) is 31.3 Å². The van der Waals surface area contributed by atoms with Crippen molar-refractivity contribution in [3.05, 3.63) is 21.3 Å². The Morgan fingerprint density at radius 1 is 1.42 bits per heavy atom. The van der Waals surface area contributed by atoms with Crippen molar-refractivity contribution in [1.82, 2.24) is 0 Å². The molecule has 1 heterocycles. The van der Waals surface area contributed by atoms with Crippen LogP contribution in [0, 0.1) is 0 Å². The van der Waals surface area contributed by atoms with Gasteiger partial charge in [-0.2, -0.15) is 11.3 Å². The van der Waals surface area contributed by atoms with Gasteiger partial charge in [-0.3, -0.25) is 0 Å². The van der Waals surface area contributed by atoms with Gasteiger partial charge in [0, 0.05) is 11.3 Å². The van der Waals surface area contributed by atoms with Crippen LogP contribution in [-0.2, 0) is 0 Å². The molecular weight excluding hydrogens is 192 g/mol. The van der Waals surface area contributed by atoms with E-state index >= 15 is 0 Å². The van der Waals surface area contributed by atoms with E-state index < -0.39 is 0 Å². The zero-order valence-corrected chi connectivity index (χ0v) is 8.24. The molecule has 2 unspecified atom stereocenters. The molecule has 0 radical (unpaired) electrons. The van der Waals surface area contributed by atoms with Crippen LogP contribution >= 0.6 is 22.9 Å². The standard InChI is InChI=1S/C9H11ClOS/c10-8-5-12-4-7(8)6-2-1-3-9(6)11/h4-6,9,11H,1-3H2. The van der Waals surface area contributed by atoms with E-state index in [1.54, 1.807) is 11.3 Å². The molecule has 1 nitrogen and oxygen atoms in total. The van der Waals surface area contributed by atoms with E-state index in [0.29, 0.717) is 5.92 Å². The molecule has 0 aromatic carbocycles. The maximum absolute atomic E-state index is 9.63. The lowest BCUT2D eigenvalue weighted by Gasteiger charge is -2.12. The predicted octanol–water partition coefficient (Wildman–Crippen LogP) is 3.03. The van der Waals surface area contributed by atoms with Gasteiger partial charge in [-0.15, -0.1) is 0 Å². The molecular formula is C9H11ClOS. The molecule has 12 heavy (non-hydrogen) atoms. The number of halogens is 1. The van der Waals surface area contributed by atoms with Crippen molar-refractivity contribution >= 4 is 22.9 Å². The first-order chi connectivity index (χ1) is 5.79. The molecule has 1 saturated carbocycles. The smallest absolute Gasteiger partial charge is 0.0609 e. The molecule has 66 valence electrons. The fourth-order valence-electron chi connectivity index (χ4n) is 1.86. The van der Waals surface area contributed by atoms with Crippen molar-refractivity contribution in [2.75, 3.05) is 0 Å². The second-order valence-corrected chi connectivity index (χ2v) is 4.43. The summed E-state index contributed by atoms with van der Waals surface area (Å²) in [6, 6.07) is 0. The Hall–Kier alpha value is -0.0500. The summed E-state index contributed by atoms with van der Waals surface area (Å²) in [6.45, 7) is 0. The lowest BCUT2D eigenvalue weighted by Crippen LogP contribution is -2.10. The molecule has 0 bridgehead atoms. The molecule has 1 aliphatic rings. The molecule has 1 fully saturated rings. The Morgan fingerprint density at radius 2 is 2.25 bits per heavy atom. The first-order valence-electron chi connectivity index (χ1n) is 4.18. The summed E-state index contributed by atoms with van der Waals surface area (Å²) in [5, 5.41) is 14.4. The summed E-state index contributed by atoms with van der Waals surface area (Å²) in [6.07, 6.45) is 2.96. The van der Waals surface area contributed by atoms with Crippen LogP contribution in [0.3, 0.4) is 0 Å². The summed E-state index contributed by atoms with van der Waals surface area (Å²) in [4.78, 5) is 0. The maximum atomic E-state index is 9.63. The van der Waals surface area contributed by atoms with Crippen molar-refractivity contribution in [3.8, 4) is 0 Å². The number of rotatable bonds is 1. The number of aliphatic hydroxyl groups excluding tert-OH is 1. The Labute approximate surface area is 81.0 Å². The zero-order valence-electron chi connectivity index (χ0n) is 6.66. The lowest BCUT2D eigenvalue weighted by molar-refractivity contribution is 0.164. The average molecular weight is 203 g/mol. The van der Waals surface area contributed by atoms with Crippen molar-refractivity contribution in [2.24, 2.45) is 0 Å². The summed E-state index contributed by atoms with van der Waals surface area (Å²) >= 11 is 7.60. The number of hydrogen-bond acceptors (Lipinski definition) is 2. The summed E-state index contributed by atoms with van der Waals surface area (Å²) in [7, 11) is 0. The minimum atomic E-state index is -0.169. The highest BCUT2D eigenvalue weighted by molar-refractivity contribution is 7.08. The van der Waals surface area contributed by atoms with Gasteiger partial charge in [0.2, 0.25) is 0 Å². The molecule has 1 aromatic heterocycles. The van der Waals surface area contributed by atoms with Gasteiger partial charge >= 0.3 is 0 Å². The van der Waals surface area contributed by atoms with E-state index in [1.165, 1.54) is 0 Å². The molecule has 0 saturated heterocycles. The Balaban J connectivity index is 2.24. The molecule has 1 N–H and O–H groups in total. The summed E-state index contributed by atoms with van der Waals surface area (Å²) in [5.41, 5.74) is 1.15. The van der Waals surface area contributed by atoms with E-state index in [1.807, 2.05) is 5.38 Å². The third kappa shape index (κ3) is 1.39. The van der Waals surface area contributed by atoms with Crippen LogP contribution in [-0.4, -0.2) is 11.2 Å². The quantitative estimate of drug-likeness (QED) is 0.743. The second-order valence-electron chi connectivity index (χ2n) is 3.28. The highest BCUT2D eigenvalue weighted by atomic mass is 35.5. The van der Waals surface area contributed by atoms with Gasteiger partial charge in [-0.05, 0) is 23.8 Å². The first kappa shape index (κ1) is 8.54. The van der Waals surface area contributed by atoms with Crippen LogP contribution in [0.25, 0.3) is 0 Å². The predicted molar refractivity (Wildman–Crippen MR) is 51.9 cm³/mol. The molecule has 2 rings (SSSR count). The van der Waals surface area contributed by atoms with E-state index in [4.69, 9.17) is 11.6 Å². The van der Waals surface area contributed by atoms with E-state index in [2.05, 4.69) is 5.38 Å². The van der Waals surface area contributed by atoms with Crippen LogP contribution in [0.5, 0.6) is 0 Å². The SMILES string of the molecule is OC1CCCC1c1cscc1Cl. The van der Waals surface area contributed by atoms with Crippen molar-refractivity contribution < 1.29 is 5.11 Å². The van der Waals surface area contributed by atoms with Crippen LogP contribution in [0.1, 0.15) is 30.7 Å². The van der Waals surface area contributed by atoms with Gasteiger partial charge < -0.3 is 5.11 Å². The van der Waals surface area contributed by atoms with Gasteiger partial charge in [0.15, 0.2) is 0 Å². The van der Waals surface area contributed by atoms with E-state index in [-0.39, 0.29) is 6.10 Å². The van der Waals surface area contributed by atoms with Crippen LogP contribution in [0.4, 0.5) is 0 Å². The van der Waals surface area contributed by atoms with Crippen molar-refractivity contribution in [3.63, 3.8) is 0 Å². The second kappa shape index (κ2) is 3.36. The summed E-state index contributed by atoms with van der Waals surface area (Å²) in [5.74, 6) is 0.295. The molecule has 0 spiro atoms. The Kier molecular flexibility index (Phi) is 2.40. The first-order valence-corrected chi connectivity index (χ1v) is 5.51. The van der Waals surface area contributed by atoms with Crippen LogP contribution < -0.4 is 0 Å². The topological polar surface area (TPSA) is 20.2 Å². The van der Waals surface area contributed by atoms with Crippen molar-refractivity contribution in [1.29, 1.82) is 0 Å². The zero-order chi connectivity index (χ0) is 8.55. The third-order valence-electron chi connectivity index (χ3n) is 2.52. The van der Waals surface area contributed by atoms with Gasteiger partial charge in [0.05, 0.1) is 11.1 Å². The normalized spacial score (nSPS) is 29.5. The van der Waals surface area contributed by atoms with Gasteiger partial charge in [-0.25, -0.2) is 0 Å². The maximum Gasteiger partial charge on any atom is 0.0609 e. The van der Waals surface area contributed by atoms with Crippen LogP contribution in [0.2, 0.25) is 5.02 Å². The molecule has 3 heteroatoms. The number of hydrogen-bond donors (Lipinski definition) is 1. The Morgan fingerprint density at radius 3 is 2.75 bits per heavy atom. The molecule has 0 amide bonds. The highest BCUT2D eigenvalue weighted by Crippen LogP contribution is 2.39. The van der Waals surface area contributed by atoms with Gasteiger partial charge in [0.1, 0.15) is 0 Å². The van der Waals surface area contributed by atoms with E-state index in [9.17, 15) is 5.11 Å². The monoisotopic (exact) mass is 202 g/mol. The average Bonchev–Trinajstić information content (AvgIpc) is 2.59. The van der Waals surface area contributed by atoms with Crippen LogP contribution in [0.15, 0.2) is 10.8 Å². The van der Waals surface area contributed by atoms with Gasteiger partial charge in [0.25, 0.3) is 0 Å². The lowest BCUT2D eigenvalue weighted by atomic mass is 9.99. The fourth-order valence-corrected chi connectivity index (χ4v) is 3.04. The van der Waals surface area contributed by atoms with Gasteiger partial charge in [-0.1, -0.05) is 18.0 Å². The molecule has 0 aliphatic heterocycles. The summed E-state index contributed by atoms with van der Waals surface area (Å²) < 4.78 is 0. The number of thiophene rings is 1. The molecule has 1 aromatic rings. The Bertz CT molecular complexity index is 271. The highest BCUT2D eigenvalue weighted by Gasteiger charge is 2.28. The third-order valence-corrected chi connectivity index (χ3v) is 3.74. The largest absolute Gasteiger partial charge is 0.392 e. The molecule has 2 atom stereocenters. The minimum absolute atomic E-state index is 0.169. The minimum Gasteiger partial charge on any atom is -0.392 e. The molecule has 1 aliphatic carbocycles. The van der Waals surface area contributed by atoms with E-state index in [0.717, 1.165) is 29.8 Å². The fraction of sp³-hybridized carbons (Fsp3) is 0.556.